The first-order valence-corrected chi connectivity index (χ1v) is 4.40. The summed E-state index contributed by atoms with van der Waals surface area (Å²) in [4.78, 5) is 3.79. The molecule has 1 rings (SSSR count). The van der Waals surface area contributed by atoms with Crippen molar-refractivity contribution in [2.24, 2.45) is 0 Å². The Bertz CT molecular complexity index is 275. The highest BCUT2D eigenvalue weighted by Crippen LogP contribution is 1.95. The van der Waals surface area contributed by atoms with Gasteiger partial charge in [0.05, 0.1) is 0 Å². The maximum Gasteiger partial charge on any atom is 0.252 e. The van der Waals surface area contributed by atoms with Crippen LogP contribution in [-0.4, -0.2) is 20.5 Å². The molecule has 0 saturated carbocycles. The van der Waals surface area contributed by atoms with Crippen LogP contribution >= 0.6 is 12.6 Å². The highest BCUT2D eigenvalue weighted by atomic mass is 32.1. The number of rotatable bonds is 4. The fraction of sp³-hybridized carbons (Fsp3) is 0.571. The molecule has 12 heavy (non-hydrogen) atoms. The number of thiol groups is 1. The summed E-state index contributed by atoms with van der Waals surface area (Å²) in [5.74, 6) is 1.13. The van der Waals surface area contributed by atoms with E-state index >= 15 is 0 Å². The van der Waals surface area contributed by atoms with Crippen LogP contribution in [0, 0.1) is 11.3 Å². The van der Waals surface area contributed by atoms with Gasteiger partial charge in [-0.15, -0.1) is 5.10 Å². The van der Waals surface area contributed by atoms with Crippen LogP contribution in [0.4, 0.5) is 0 Å². The molecule has 1 heterocycles. The number of unbranched alkanes of at least 4 members (excludes halogenated alkanes) is 1. The zero-order valence-electron chi connectivity index (χ0n) is 6.64. The fourth-order valence-corrected chi connectivity index (χ4v) is 1.06. The first-order valence-electron chi connectivity index (χ1n) is 3.77. The van der Waals surface area contributed by atoms with E-state index in [2.05, 4.69) is 22.7 Å². The van der Waals surface area contributed by atoms with Crippen LogP contribution in [0.1, 0.15) is 18.7 Å². The van der Waals surface area contributed by atoms with Crippen molar-refractivity contribution in [3.8, 4) is 6.07 Å². The predicted molar refractivity (Wildman–Crippen MR) is 47.8 cm³/mol. The topological polar surface area (TPSA) is 54.5 Å². The molecule has 0 atom stereocenters. The van der Waals surface area contributed by atoms with E-state index in [9.17, 15) is 0 Å². The van der Waals surface area contributed by atoms with Gasteiger partial charge in [-0.3, -0.25) is 4.68 Å². The molecule has 64 valence electrons. The Kier molecular flexibility index (Phi) is 3.61. The van der Waals surface area contributed by atoms with Crippen molar-refractivity contribution >= 4 is 12.6 Å². The Hall–Kier alpha value is -1.02. The lowest BCUT2D eigenvalue weighted by atomic mass is 10.3. The summed E-state index contributed by atoms with van der Waals surface area (Å²) in [6.45, 7) is 0.815. The molecule has 0 bridgehead atoms. The Labute approximate surface area is 76.6 Å². The first-order chi connectivity index (χ1) is 5.86. The molecule has 0 aliphatic heterocycles. The van der Waals surface area contributed by atoms with Gasteiger partial charge in [-0.25, -0.2) is 4.98 Å². The smallest absolute Gasteiger partial charge is 0.252 e. The molecule has 5 heteroatoms. The van der Waals surface area contributed by atoms with E-state index in [0.29, 0.717) is 0 Å². The summed E-state index contributed by atoms with van der Waals surface area (Å²) < 4.78 is 1.68. The monoisotopic (exact) mass is 182 g/mol. The number of aryl methyl sites for hydroxylation is 1. The van der Waals surface area contributed by atoms with Gasteiger partial charge in [-0.1, -0.05) is 0 Å². The van der Waals surface area contributed by atoms with Crippen LogP contribution in [0.25, 0.3) is 0 Å². The van der Waals surface area contributed by atoms with E-state index in [-0.39, 0.29) is 5.82 Å². The number of nitrogens with zero attached hydrogens (tertiary/aromatic N) is 4. The summed E-state index contributed by atoms with van der Waals surface area (Å²) in [5.41, 5.74) is 0. The molecule has 0 amide bonds. The lowest BCUT2D eigenvalue weighted by molar-refractivity contribution is 0.571. The third-order valence-corrected chi connectivity index (χ3v) is 1.75. The lowest BCUT2D eigenvalue weighted by Gasteiger charge is -1.96. The van der Waals surface area contributed by atoms with Gasteiger partial charge in [0, 0.05) is 6.54 Å². The molecule has 0 aromatic carbocycles. The summed E-state index contributed by atoms with van der Waals surface area (Å²) in [6, 6.07) is 1.88. The maximum atomic E-state index is 8.42. The van der Waals surface area contributed by atoms with Crippen molar-refractivity contribution in [2.75, 3.05) is 5.75 Å². The van der Waals surface area contributed by atoms with Crippen molar-refractivity contribution in [1.29, 1.82) is 5.26 Å². The van der Waals surface area contributed by atoms with Crippen LogP contribution < -0.4 is 0 Å². The summed E-state index contributed by atoms with van der Waals surface area (Å²) in [7, 11) is 0. The minimum Gasteiger partial charge on any atom is -0.252 e. The minimum absolute atomic E-state index is 0.237. The van der Waals surface area contributed by atoms with Crippen molar-refractivity contribution in [1.82, 2.24) is 14.8 Å². The molecule has 0 fully saturated rings. The average molecular weight is 182 g/mol. The number of hydrogen-bond donors (Lipinski definition) is 1. The molecule has 0 saturated heterocycles. The van der Waals surface area contributed by atoms with E-state index in [0.717, 1.165) is 25.1 Å². The second-order valence-electron chi connectivity index (χ2n) is 2.37. The summed E-state index contributed by atoms with van der Waals surface area (Å²) >= 11 is 4.09. The van der Waals surface area contributed by atoms with Gasteiger partial charge >= 0.3 is 0 Å². The molecular weight excluding hydrogens is 172 g/mol. The highest BCUT2D eigenvalue weighted by molar-refractivity contribution is 7.80. The quantitative estimate of drug-likeness (QED) is 0.555. The number of hydrogen-bond acceptors (Lipinski definition) is 4. The molecule has 0 aliphatic rings. The van der Waals surface area contributed by atoms with Crippen molar-refractivity contribution in [3.05, 3.63) is 12.2 Å². The van der Waals surface area contributed by atoms with E-state index < -0.39 is 0 Å². The first kappa shape index (κ1) is 9.07. The largest absolute Gasteiger partial charge is 0.252 e. The Morgan fingerprint density at radius 3 is 3.00 bits per heavy atom. The molecule has 0 spiro atoms. The molecule has 1 aromatic rings. The van der Waals surface area contributed by atoms with Crippen molar-refractivity contribution in [3.63, 3.8) is 0 Å². The van der Waals surface area contributed by atoms with Gasteiger partial charge < -0.3 is 0 Å². The molecule has 0 unspecified atom stereocenters. The normalized spacial score (nSPS) is 9.67. The third-order valence-electron chi connectivity index (χ3n) is 1.43. The van der Waals surface area contributed by atoms with Crippen LogP contribution in [0.5, 0.6) is 0 Å². The average Bonchev–Trinajstić information content (AvgIpc) is 2.53. The van der Waals surface area contributed by atoms with Crippen molar-refractivity contribution in [2.45, 2.75) is 19.4 Å². The second-order valence-corrected chi connectivity index (χ2v) is 2.82. The summed E-state index contributed by atoms with van der Waals surface area (Å²) in [5, 5.41) is 12.3. The fourth-order valence-electron chi connectivity index (χ4n) is 0.839. The van der Waals surface area contributed by atoms with E-state index in [1.807, 2.05) is 6.07 Å². The Morgan fingerprint density at radius 1 is 1.58 bits per heavy atom. The third kappa shape index (κ3) is 2.55. The van der Waals surface area contributed by atoms with Gasteiger partial charge in [0.25, 0.3) is 5.82 Å². The number of nitriles is 1. The predicted octanol–water partition coefficient (Wildman–Crippen LogP) is 0.860. The van der Waals surface area contributed by atoms with Gasteiger partial charge in [0.2, 0.25) is 0 Å². The molecule has 0 N–H and O–H groups in total. The van der Waals surface area contributed by atoms with Crippen molar-refractivity contribution < 1.29 is 0 Å². The van der Waals surface area contributed by atoms with E-state index in [1.54, 1.807) is 11.0 Å². The van der Waals surface area contributed by atoms with E-state index in [4.69, 9.17) is 5.26 Å². The minimum atomic E-state index is 0.237. The van der Waals surface area contributed by atoms with Crippen LogP contribution in [0.15, 0.2) is 6.33 Å². The van der Waals surface area contributed by atoms with E-state index in [1.165, 1.54) is 0 Å². The molecular formula is C7H10N4S. The van der Waals surface area contributed by atoms with Crippen LogP contribution in [-0.2, 0) is 6.54 Å². The zero-order chi connectivity index (χ0) is 8.81. The molecule has 0 radical (unpaired) electrons. The zero-order valence-corrected chi connectivity index (χ0v) is 7.54. The maximum absolute atomic E-state index is 8.42. The lowest BCUT2D eigenvalue weighted by Crippen LogP contribution is -1.98. The van der Waals surface area contributed by atoms with Crippen LogP contribution in [0.3, 0.4) is 0 Å². The van der Waals surface area contributed by atoms with Crippen LogP contribution in [0.2, 0.25) is 0 Å². The summed E-state index contributed by atoms with van der Waals surface area (Å²) in [6.07, 6.45) is 3.67. The molecule has 4 nitrogen and oxygen atoms in total. The SMILES string of the molecule is N#Cc1ncn(CCCCS)n1. The standard InChI is InChI=1S/C7H10N4S/c8-5-7-9-6-11(10-7)3-1-2-4-12/h6,12H,1-4H2. The Morgan fingerprint density at radius 2 is 2.42 bits per heavy atom. The van der Waals surface area contributed by atoms with Gasteiger partial charge in [0.15, 0.2) is 0 Å². The molecule has 1 aromatic heterocycles. The number of aromatic nitrogens is 3. The molecule has 0 aliphatic carbocycles. The van der Waals surface area contributed by atoms with Gasteiger partial charge in [0.1, 0.15) is 12.4 Å². The van der Waals surface area contributed by atoms with Gasteiger partial charge in [-0.05, 0) is 18.6 Å². The van der Waals surface area contributed by atoms with Gasteiger partial charge in [-0.2, -0.15) is 17.9 Å². The highest BCUT2D eigenvalue weighted by Gasteiger charge is 1.97. The second kappa shape index (κ2) is 4.78. The Balaban J connectivity index is 2.38.